The number of nitrogens with zero attached hydrogens (tertiary/aromatic N) is 2. The summed E-state index contributed by atoms with van der Waals surface area (Å²) in [6, 6.07) is 0. The molecule has 1 aromatic heterocycles. The molecule has 0 amide bonds. The van der Waals surface area contributed by atoms with Gasteiger partial charge in [-0.25, -0.2) is 4.98 Å². The van der Waals surface area contributed by atoms with Crippen molar-refractivity contribution in [2.45, 2.75) is 65.6 Å². The lowest BCUT2D eigenvalue weighted by atomic mass is 10.1. The second-order valence-electron chi connectivity index (χ2n) is 6.80. The van der Waals surface area contributed by atoms with Gasteiger partial charge in [0.05, 0.1) is 11.8 Å². The molecule has 21 heavy (non-hydrogen) atoms. The van der Waals surface area contributed by atoms with Crippen LogP contribution in [0.3, 0.4) is 0 Å². The summed E-state index contributed by atoms with van der Waals surface area (Å²) in [5.41, 5.74) is 1.38. The highest BCUT2D eigenvalue weighted by Gasteiger charge is 2.20. The summed E-state index contributed by atoms with van der Waals surface area (Å²) in [6.07, 6.45) is 2.37. The van der Waals surface area contributed by atoms with Crippen molar-refractivity contribution in [2.75, 3.05) is 24.6 Å². The predicted octanol–water partition coefficient (Wildman–Crippen LogP) is 3.21. The van der Waals surface area contributed by atoms with Crippen molar-refractivity contribution in [1.29, 1.82) is 0 Å². The maximum absolute atomic E-state index is 5.73. The summed E-state index contributed by atoms with van der Waals surface area (Å²) >= 11 is 1.84. The molecule has 0 spiro atoms. The second-order valence-corrected chi connectivity index (χ2v) is 7.87. The Bertz CT molecular complexity index is 453. The van der Waals surface area contributed by atoms with E-state index in [9.17, 15) is 0 Å². The van der Waals surface area contributed by atoms with Gasteiger partial charge < -0.3 is 15.0 Å². The summed E-state index contributed by atoms with van der Waals surface area (Å²) in [7, 11) is 0. The quantitative estimate of drug-likeness (QED) is 0.926. The van der Waals surface area contributed by atoms with Crippen molar-refractivity contribution in [3.8, 4) is 0 Å². The summed E-state index contributed by atoms with van der Waals surface area (Å²) < 4.78 is 5.73. The molecule has 1 aliphatic heterocycles. The molecular weight excluding hydrogens is 282 g/mol. The third-order valence-electron chi connectivity index (χ3n) is 3.60. The van der Waals surface area contributed by atoms with Crippen LogP contribution in [0.1, 0.15) is 51.6 Å². The van der Waals surface area contributed by atoms with Gasteiger partial charge in [0, 0.05) is 36.7 Å². The zero-order valence-corrected chi connectivity index (χ0v) is 14.8. The van der Waals surface area contributed by atoms with E-state index >= 15 is 0 Å². The van der Waals surface area contributed by atoms with Gasteiger partial charge in [-0.3, -0.25) is 0 Å². The van der Waals surface area contributed by atoms with Crippen LogP contribution in [-0.4, -0.2) is 36.3 Å². The molecule has 5 heteroatoms. The van der Waals surface area contributed by atoms with Gasteiger partial charge in [-0.15, -0.1) is 11.3 Å². The van der Waals surface area contributed by atoms with Gasteiger partial charge in [-0.05, 0) is 40.5 Å². The van der Waals surface area contributed by atoms with E-state index in [-0.39, 0.29) is 11.6 Å². The molecule has 0 saturated carbocycles. The van der Waals surface area contributed by atoms with Gasteiger partial charge >= 0.3 is 0 Å². The first-order valence-electron chi connectivity index (χ1n) is 7.99. The fourth-order valence-corrected chi connectivity index (χ4v) is 3.56. The topological polar surface area (TPSA) is 37.4 Å². The number of anilines is 1. The van der Waals surface area contributed by atoms with Crippen LogP contribution in [-0.2, 0) is 17.7 Å². The van der Waals surface area contributed by atoms with Crippen molar-refractivity contribution in [1.82, 2.24) is 10.3 Å². The zero-order valence-electron chi connectivity index (χ0n) is 14.0. The molecule has 2 rings (SSSR count). The van der Waals surface area contributed by atoms with Crippen LogP contribution in [0, 0.1) is 0 Å². The Morgan fingerprint density at radius 2 is 2.19 bits per heavy atom. The van der Waals surface area contributed by atoms with E-state index in [1.54, 1.807) is 0 Å². The Hall–Kier alpha value is -0.650. The molecule has 1 saturated heterocycles. The predicted molar refractivity (Wildman–Crippen MR) is 90.3 cm³/mol. The van der Waals surface area contributed by atoms with E-state index in [2.05, 4.69) is 44.8 Å². The first-order chi connectivity index (χ1) is 9.89. The van der Waals surface area contributed by atoms with Crippen molar-refractivity contribution < 1.29 is 4.74 Å². The first-order valence-corrected chi connectivity index (χ1v) is 8.81. The average Bonchev–Trinajstić information content (AvgIpc) is 2.70. The van der Waals surface area contributed by atoms with Crippen molar-refractivity contribution in [3.63, 3.8) is 0 Å². The number of hydrogen-bond donors (Lipinski definition) is 1. The van der Waals surface area contributed by atoms with Crippen molar-refractivity contribution >= 4 is 16.5 Å². The standard InChI is InChI=1S/C16H29N3OS/c1-6-13-14(10-17-16(3,4)5)21-15(18-13)19-8-7-9-20-12(2)11-19/h12,17H,6-11H2,1-5H3. The molecule has 0 radical (unpaired) electrons. The fraction of sp³-hybridized carbons (Fsp3) is 0.812. The van der Waals surface area contributed by atoms with Crippen molar-refractivity contribution in [3.05, 3.63) is 10.6 Å². The normalized spacial score (nSPS) is 20.6. The molecule has 4 nitrogen and oxygen atoms in total. The molecule has 1 unspecified atom stereocenters. The Morgan fingerprint density at radius 3 is 2.86 bits per heavy atom. The van der Waals surface area contributed by atoms with Gasteiger partial charge in [0.25, 0.3) is 0 Å². The second kappa shape index (κ2) is 7.07. The highest BCUT2D eigenvalue weighted by atomic mass is 32.1. The van der Waals surface area contributed by atoms with Crippen LogP contribution >= 0.6 is 11.3 Å². The molecule has 1 fully saturated rings. The third kappa shape index (κ3) is 4.94. The Kier molecular flexibility index (Phi) is 5.63. The minimum Gasteiger partial charge on any atom is -0.377 e. The number of hydrogen-bond acceptors (Lipinski definition) is 5. The lowest BCUT2D eigenvalue weighted by Gasteiger charge is -2.21. The Labute approximate surface area is 132 Å². The number of nitrogens with one attached hydrogen (secondary N) is 1. The number of aromatic nitrogens is 1. The number of ether oxygens (including phenoxy) is 1. The van der Waals surface area contributed by atoms with Crippen LogP contribution in [0.25, 0.3) is 0 Å². The number of thiazole rings is 1. The van der Waals surface area contributed by atoms with Gasteiger partial charge in [0.15, 0.2) is 5.13 Å². The molecule has 0 bridgehead atoms. The summed E-state index contributed by atoms with van der Waals surface area (Å²) in [5.74, 6) is 0. The van der Waals surface area contributed by atoms with Gasteiger partial charge in [-0.1, -0.05) is 6.92 Å². The Morgan fingerprint density at radius 1 is 1.43 bits per heavy atom. The maximum Gasteiger partial charge on any atom is 0.185 e. The van der Waals surface area contributed by atoms with Gasteiger partial charge in [-0.2, -0.15) is 0 Å². The molecule has 1 aromatic rings. The molecule has 0 aliphatic carbocycles. The smallest absolute Gasteiger partial charge is 0.185 e. The van der Waals surface area contributed by atoms with E-state index in [0.717, 1.165) is 44.2 Å². The van der Waals surface area contributed by atoms with E-state index in [0.29, 0.717) is 0 Å². The maximum atomic E-state index is 5.73. The van der Waals surface area contributed by atoms with E-state index in [1.807, 2.05) is 11.3 Å². The van der Waals surface area contributed by atoms with Crippen molar-refractivity contribution in [2.24, 2.45) is 0 Å². The highest BCUT2D eigenvalue weighted by Crippen LogP contribution is 2.28. The van der Waals surface area contributed by atoms with E-state index in [1.165, 1.54) is 10.6 Å². The van der Waals surface area contributed by atoms with Crippen LogP contribution in [0.5, 0.6) is 0 Å². The lowest BCUT2D eigenvalue weighted by Crippen LogP contribution is -2.35. The largest absolute Gasteiger partial charge is 0.377 e. The van der Waals surface area contributed by atoms with E-state index < -0.39 is 0 Å². The van der Waals surface area contributed by atoms with Crippen LogP contribution in [0.4, 0.5) is 5.13 Å². The minimum absolute atomic E-state index is 0.139. The minimum atomic E-state index is 0.139. The molecule has 2 heterocycles. The zero-order chi connectivity index (χ0) is 15.5. The fourth-order valence-electron chi connectivity index (χ4n) is 2.43. The lowest BCUT2D eigenvalue weighted by molar-refractivity contribution is 0.0821. The average molecular weight is 311 g/mol. The molecule has 120 valence electrons. The van der Waals surface area contributed by atoms with Gasteiger partial charge in [0.2, 0.25) is 0 Å². The molecule has 1 atom stereocenters. The monoisotopic (exact) mass is 311 g/mol. The summed E-state index contributed by atoms with van der Waals surface area (Å²) in [5, 5.41) is 4.74. The Balaban J connectivity index is 2.11. The van der Waals surface area contributed by atoms with Gasteiger partial charge in [0.1, 0.15) is 0 Å². The molecular formula is C16H29N3OS. The molecule has 1 aliphatic rings. The molecule has 0 aromatic carbocycles. The SMILES string of the molecule is CCc1nc(N2CCCOC(C)C2)sc1CNC(C)(C)C. The van der Waals surface area contributed by atoms with Crippen LogP contribution in [0.15, 0.2) is 0 Å². The number of aryl methyl sites for hydroxylation is 1. The number of rotatable bonds is 4. The third-order valence-corrected chi connectivity index (χ3v) is 4.76. The van der Waals surface area contributed by atoms with Crippen LogP contribution in [0.2, 0.25) is 0 Å². The highest BCUT2D eigenvalue weighted by molar-refractivity contribution is 7.15. The summed E-state index contributed by atoms with van der Waals surface area (Å²) in [4.78, 5) is 8.64. The molecule has 1 N–H and O–H groups in total. The first kappa shape index (κ1) is 16.7. The van der Waals surface area contributed by atoms with Crippen LogP contribution < -0.4 is 10.2 Å². The summed E-state index contributed by atoms with van der Waals surface area (Å²) in [6.45, 7) is 14.7. The van der Waals surface area contributed by atoms with E-state index in [4.69, 9.17) is 9.72 Å².